The van der Waals surface area contributed by atoms with E-state index in [9.17, 15) is 19.5 Å². The molecule has 1 aromatic heterocycles. The lowest BCUT2D eigenvalue weighted by Crippen LogP contribution is -2.44. The predicted octanol–water partition coefficient (Wildman–Crippen LogP) is 4.82. The minimum atomic E-state index is -0.936. The number of aromatic nitrogens is 2. The number of methoxy groups -OCH3 is 1. The number of amides is 4. The monoisotopic (exact) mass is 587 g/mol. The highest BCUT2D eigenvalue weighted by atomic mass is 35.5. The molecular weight excluding hydrogens is 554 g/mol. The Balaban J connectivity index is 1.69. The van der Waals surface area contributed by atoms with Gasteiger partial charge in [-0.25, -0.2) is 24.4 Å². The van der Waals surface area contributed by atoms with Crippen LogP contribution in [0.25, 0.3) is 0 Å². The van der Waals surface area contributed by atoms with Crippen molar-refractivity contribution < 1.29 is 29.0 Å². The van der Waals surface area contributed by atoms with Gasteiger partial charge in [0, 0.05) is 31.2 Å². The first-order valence-corrected chi connectivity index (χ1v) is 13.4. The van der Waals surface area contributed by atoms with Gasteiger partial charge in [0.05, 0.1) is 25.2 Å². The van der Waals surface area contributed by atoms with Gasteiger partial charge in [0.25, 0.3) is 0 Å². The van der Waals surface area contributed by atoms with E-state index in [1.807, 2.05) is 6.07 Å². The summed E-state index contributed by atoms with van der Waals surface area (Å²) < 4.78 is 11.1. The van der Waals surface area contributed by atoms with E-state index < -0.39 is 23.8 Å². The van der Waals surface area contributed by atoms with Crippen LogP contribution in [0.4, 0.5) is 25.9 Å². The maximum absolute atomic E-state index is 13.1. The van der Waals surface area contributed by atoms with Crippen molar-refractivity contribution in [2.45, 2.75) is 45.6 Å². The van der Waals surface area contributed by atoms with Crippen molar-refractivity contribution in [2.24, 2.45) is 5.92 Å². The van der Waals surface area contributed by atoms with Crippen LogP contribution in [0.5, 0.6) is 5.75 Å². The number of urea groups is 1. The third-order valence-corrected chi connectivity index (χ3v) is 6.64. The molecule has 1 aromatic carbocycles. The van der Waals surface area contributed by atoms with E-state index in [4.69, 9.17) is 26.3 Å². The molecule has 1 aliphatic rings. The number of carbonyl (C=O) groups is 3. The lowest BCUT2D eigenvalue weighted by Gasteiger charge is -2.34. The molecule has 1 fully saturated rings. The number of hydrogen-bond acceptors (Lipinski definition) is 8. The molecule has 4 amide bonds. The van der Waals surface area contributed by atoms with Crippen LogP contribution < -0.4 is 15.4 Å². The van der Waals surface area contributed by atoms with Gasteiger partial charge in [-0.2, -0.15) is 5.26 Å². The number of halogens is 1. The molecule has 1 aliphatic heterocycles. The number of nitrogens with zero attached hydrogens (tertiary/aromatic N) is 5. The second-order valence-corrected chi connectivity index (χ2v) is 10.9. The molecule has 0 radical (unpaired) electrons. The third-order valence-electron chi connectivity index (χ3n) is 6.29. The number of ether oxygens (including phenoxy) is 2. The Kier molecular flexibility index (Phi) is 10.5. The molecule has 13 nitrogen and oxygen atoms in total. The summed E-state index contributed by atoms with van der Waals surface area (Å²) >= 11 is 6.57. The van der Waals surface area contributed by atoms with Crippen molar-refractivity contribution in [3.63, 3.8) is 0 Å². The second kappa shape index (κ2) is 13.8. The molecule has 220 valence electrons. The first kappa shape index (κ1) is 31.2. The quantitative estimate of drug-likeness (QED) is 0.391. The highest BCUT2D eigenvalue weighted by Gasteiger charge is 2.28. The number of nitriles is 1. The van der Waals surface area contributed by atoms with Crippen molar-refractivity contribution in [2.75, 3.05) is 43.9 Å². The Morgan fingerprint density at radius 2 is 1.90 bits per heavy atom. The fourth-order valence-corrected chi connectivity index (χ4v) is 4.49. The Hall–Kier alpha value is -4.31. The number of carbonyl (C=O) groups excluding carboxylic acids is 2. The van der Waals surface area contributed by atoms with Gasteiger partial charge in [-0.15, -0.1) is 0 Å². The molecule has 0 unspecified atom stereocenters. The molecular formula is C27H34ClN7O6. The molecule has 3 rings (SSSR count). The molecule has 41 heavy (non-hydrogen) atoms. The van der Waals surface area contributed by atoms with Crippen molar-refractivity contribution in [1.29, 1.82) is 5.26 Å². The van der Waals surface area contributed by atoms with Crippen LogP contribution >= 0.6 is 11.6 Å². The summed E-state index contributed by atoms with van der Waals surface area (Å²) in [5.41, 5.74) is 0.449. The normalized spacial score (nSPS) is 13.6. The lowest BCUT2D eigenvalue weighted by molar-refractivity contribution is 0.0196. The minimum absolute atomic E-state index is 0.119. The molecule has 0 spiro atoms. The van der Waals surface area contributed by atoms with Gasteiger partial charge in [-0.1, -0.05) is 11.6 Å². The summed E-state index contributed by atoms with van der Waals surface area (Å²) in [7, 11) is 1.46. The van der Waals surface area contributed by atoms with Gasteiger partial charge < -0.3 is 29.7 Å². The van der Waals surface area contributed by atoms with Crippen LogP contribution in [-0.4, -0.2) is 82.0 Å². The molecule has 14 heteroatoms. The summed E-state index contributed by atoms with van der Waals surface area (Å²) in [5.74, 6) is 0.642. The topological polar surface area (TPSA) is 170 Å². The molecule has 0 saturated carbocycles. The Labute approximate surface area is 243 Å². The average Bonchev–Trinajstić information content (AvgIpc) is 2.91. The third kappa shape index (κ3) is 9.39. The lowest BCUT2D eigenvalue weighted by atomic mass is 9.96. The second-order valence-electron chi connectivity index (χ2n) is 10.5. The fraction of sp³-hybridized carbons (Fsp3) is 0.481. The van der Waals surface area contributed by atoms with Gasteiger partial charge >= 0.3 is 18.2 Å². The van der Waals surface area contributed by atoms with Gasteiger partial charge in [-0.3, -0.25) is 5.32 Å². The largest absolute Gasteiger partial charge is 0.495 e. The van der Waals surface area contributed by atoms with Crippen LogP contribution in [0.3, 0.4) is 0 Å². The van der Waals surface area contributed by atoms with Gasteiger partial charge in [-0.05, 0) is 63.6 Å². The standard InChI is InChI=1S/C27H34ClN7O6/c1-27(2,3)41-26(39)35(16-17-5-8-34(9-6-17)25(37)38)10-7-18-11-22(40-4)21(12-20(18)28)32-24(36)33-23-15-30-19(13-29)14-31-23/h11-12,14-15,17H,5-10,16H2,1-4H3,(H,37,38)(H2,31,32,33,36). The SMILES string of the molecule is COc1cc(CCN(CC2CCN(C(=O)O)CC2)C(=O)OC(C)(C)C)c(Cl)cc1NC(=O)Nc1cnc(C#N)cn1. The summed E-state index contributed by atoms with van der Waals surface area (Å²) in [6, 6.07) is 4.48. The van der Waals surface area contributed by atoms with E-state index in [2.05, 4.69) is 20.6 Å². The van der Waals surface area contributed by atoms with Gasteiger partial charge in [0.2, 0.25) is 0 Å². The smallest absolute Gasteiger partial charge is 0.410 e. The number of likely N-dealkylation sites (tertiary alicyclic amines) is 1. The zero-order chi connectivity index (χ0) is 30.2. The highest BCUT2D eigenvalue weighted by Crippen LogP contribution is 2.32. The maximum atomic E-state index is 13.1. The Morgan fingerprint density at radius 1 is 1.20 bits per heavy atom. The summed E-state index contributed by atoms with van der Waals surface area (Å²) in [4.78, 5) is 47.6. The fourth-order valence-electron chi connectivity index (χ4n) is 4.23. The average molecular weight is 588 g/mol. The van der Waals surface area contributed by atoms with Crippen molar-refractivity contribution in [3.8, 4) is 11.8 Å². The van der Waals surface area contributed by atoms with Gasteiger partial charge in [0.1, 0.15) is 17.4 Å². The van der Waals surface area contributed by atoms with E-state index in [-0.39, 0.29) is 17.4 Å². The zero-order valence-corrected chi connectivity index (χ0v) is 24.2. The van der Waals surface area contributed by atoms with E-state index in [0.29, 0.717) is 67.5 Å². The summed E-state index contributed by atoms with van der Waals surface area (Å²) in [6.07, 6.45) is 2.79. The number of nitrogens with one attached hydrogen (secondary N) is 2. The molecule has 0 bridgehead atoms. The molecule has 0 aliphatic carbocycles. The van der Waals surface area contributed by atoms with Crippen LogP contribution in [-0.2, 0) is 11.2 Å². The van der Waals surface area contributed by atoms with Crippen LogP contribution in [0.15, 0.2) is 24.5 Å². The molecule has 3 N–H and O–H groups in total. The van der Waals surface area contributed by atoms with E-state index >= 15 is 0 Å². The van der Waals surface area contributed by atoms with Gasteiger partial charge in [0.15, 0.2) is 11.5 Å². The number of rotatable bonds is 8. The van der Waals surface area contributed by atoms with Crippen LogP contribution in [0.1, 0.15) is 44.9 Å². The number of hydrogen-bond donors (Lipinski definition) is 3. The van der Waals surface area contributed by atoms with Crippen LogP contribution in [0.2, 0.25) is 5.02 Å². The Bertz CT molecular complexity index is 1280. The first-order chi connectivity index (χ1) is 19.4. The molecule has 0 atom stereocenters. The number of benzene rings is 1. The zero-order valence-electron chi connectivity index (χ0n) is 23.4. The number of piperidine rings is 1. The number of carboxylic acid groups (broad SMARTS) is 1. The van der Waals surface area contributed by atoms with Crippen molar-refractivity contribution >= 4 is 41.3 Å². The molecule has 2 heterocycles. The summed E-state index contributed by atoms with van der Waals surface area (Å²) in [5, 5.41) is 23.6. The van der Waals surface area contributed by atoms with Crippen molar-refractivity contribution in [3.05, 3.63) is 40.8 Å². The minimum Gasteiger partial charge on any atom is -0.495 e. The Morgan fingerprint density at radius 3 is 2.46 bits per heavy atom. The summed E-state index contributed by atoms with van der Waals surface area (Å²) in [6.45, 7) is 6.97. The van der Waals surface area contributed by atoms with Crippen molar-refractivity contribution in [1.82, 2.24) is 19.8 Å². The van der Waals surface area contributed by atoms with E-state index in [1.54, 1.807) is 37.8 Å². The predicted molar refractivity (Wildman–Crippen MR) is 151 cm³/mol. The molecule has 1 saturated heterocycles. The molecule has 2 aromatic rings. The highest BCUT2D eigenvalue weighted by molar-refractivity contribution is 6.31. The van der Waals surface area contributed by atoms with E-state index in [0.717, 1.165) is 0 Å². The van der Waals surface area contributed by atoms with Crippen LogP contribution in [0, 0.1) is 17.2 Å². The number of anilines is 2. The maximum Gasteiger partial charge on any atom is 0.410 e. The first-order valence-electron chi connectivity index (χ1n) is 13.0. The van der Waals surface area contributed by atoms with E-state index in [1.165, 1.54) is 24.4 Å².